The van der Waals surface area contributed by atoms with E-state index in [-0.39, 0.29) is 0 Å². The lowest BCUT2D eigenvalue weighted by Gasteiger charge is -2.13. The van der Waals surface area contributed by atoms with Gasteiger partial charge in [0.25, 0.3) is 0 Å². The van der Waals surface area contributed by atoms with Crippen molar-refractivity contribution in [2.45, 2.75) is 25.7 Å². The zero-order valence-corrected chi connectivity index (χ0v) is 12.9. The van der Waals surface area contributed by atoms with Gasteiger partial charge in [0.05, 0.1) is 10.6 Å². The van der Waals surface area contributed by atoms with Crippen LogP contribution >= 0.6 is 23.2 Å². The first kappa shape index (κ1) is 14.4. The van der Waals surface area contributed by atoms with E-state index in [1.165, 1.54) is 0 Å². The number of halogens is 2. The van der Waals surface area contributed by atoms with Crippen LogP contribution in [0.15, 0.2) is 18.2 Å². The van der Waals surface area contributed by atoms with E-state index in [2.05, 4.69) is 15.4 Å². The average molecular weight is 325 g/mol. The number of anilines is 1. The minimum atomic E-state index is 0.354. The quantitative estimate of drug-likeness (QED) is 0.655. The van der Waals surface area contributed by atoms with Crippen LogP contribution in [0.4, 0.5) is 5.82 Å². The Kier molecular flexibility index (Phi) is 3.89. The molecular formula is C14H14Cl2N4O. The summed E-state index contributed by atoms with van der Waals surface area (Å²) in [5, 5.41) is 0.785. The molecule has 0 aliphatic heterocycles. The van der Waals surface area contributed by atoms with Gasteiger partial charge in [0.1, 0.15) is 16.6 Å². The molecule has 2 aromatic rings. The van der Waals surface area contributed by atoms with Gasteiger partial charge in [0, 0.05) is 5.92 Å². The summed E-state index contributed by atoms with van der Waals surface area (Å²) in [6.07, 6.45) is 2.18. The van der Waals surface area contributed by atoms with Gasteiger partial charge in [-0.3, -0.25) is 0 Å². The van der Waals surface area contributed by atoms with Gasteiger partial charge in [-0.2, -0.15) is 4.98 Å². The number of hydrazine groups is 1. The summed E-state index contributed by atoms with van der Waals surface area (Å²) in [7, 11) is 0. The third-order valence-corrected chi connectivity index (χ3v) is 4.12. The van der Waals surface area contributed by atoms with Crippen LogP contribution in [0.5, 0.6) is 11.6 Å². The summed E-state index contributed by atoms with van der Waals surface area (Å²) in [5.74, 6) is 8.08. The van der Waals surface area contributed by atoms with Crippen molar-refractivity contribution in [3.05, 3.63) is 39.6 Å². The molecule has 7 heteroatoms. The van der Waals surface area contributed by atoms with E-state index >= 15 is 0 Å². The van der Waals surface area contributed by atoms with Crippen molar-refractivity contribution in [3.8, 4) is 11.6 Å². The van der Waals surface area contributed by atoms with Crippen molar-refractivity contribution in [2.24, 2.45) is 5.84 Å². The number of nitrogen functional groups attached to an aromatic ring is 1. The van der Waals surface area contributed by atoms with E-state index < -0.39 is 0 Å². The van der Waals surface area contributed by atoms with Crippen LogP contribution in [0, 0.1) is 6.92 Å². The summed E-state index contributed by atoms with van der Waals surface area (Å²) in [5.41, 5.74) is 3.30. The molecule has 110 valence electrons. The summed E-state index contributed by atoms with van der Waals surface area (Å²) in [4.78, 5) is 8.89. The maximum Gasteiger partial charge on any atom is 0.227 e. The Morgan fingerprint density at radius 2 is 2.05 bits per heavy atom. The number of rotatable bonds is 4. The van der Waals surface area contributed by atoms with Gasteiger partial charge < -0.3 is 10.2 Å². The number of hydrogen-bond donors (Lipinski definition) is 2. The Labute approximate surface area is 132 Å². The molecule has 0 amide bonds. The average Bonchev–Trinajstić information content (AvgIpc) is 3.30. The van der Waals surface area contributed by atoms with Gasteiger partial charge >= 0.3 is 0 Å². The second kappa shape index (κ2) is 5.67. The second-order valence-corrected chi connectivity index (χ2v) is 5.72. The van der Waals surface area contributed by atoms with Gasteiger partial charge in [-0.05, 0) is 31.9 Å². The van der Waals surface area contributed by atoms with Crippen molar-refractivity contribution in [2.75, 3.05) is 5.43 Å². The van der Waals surface area contributed by atoms with E-state index in [4.69, 9.17) is 33.8 Å². The predicted octanol–water partition coefficient (Wildman–Crippen LogP) is 4.05. The minimum Gasteiger partial charge on any atom is -0.437 e. The lowest BCUT2D eigenvalue weighted by Crippen LogP contribution is -2.13. The first-order valence-corrected chi connectivity index (χ1v) is 7.32. The molecule has 1 aliphatic rings. The maximum absolute atomic E-state index is 6.14. The van der Waals surface area contributed by atoms with Crippen molar-refractivity contribution in [3.63, 3.8) is 0 Å². The summed E-state index contributed by atoms with van der Waals surface area (Å²) >= 11 is 12.1. The van der Waals surface area contributed by atoms with Crippen LogP contribution in [0.2, 0.25) is 10.0 Å². The maximum atomic E-state index is 6.14. The van der Waals surface area contributed by atoms with Crippen LogP contribution in [0.1, 0.15) is 30.1 Å². The Balaban J connectivity index is 2.01. The second-order valence-electron chi connectivity index (χ2n) is 4.93. The normalized spacial score (nSPS) is 14.1. The van der Waals surface area contributed by atoms with Crippen LogP contribution in [-0.2, 0) is 0 Å². The van der Waals surface area contributed by atoms with Gasteiger partial charge in [0.2, 0.25) is 5.88 Å². The van der Waals surface area contributed by atoms with Crippen LogP contribution in [-0.4, -0.2) is 9.97 Å². The van der Waals surface area contributed by atoms with Crippen molar-refractivity contribution in [1.29, 1.82) is 0 Å². The Bertz CT molecular complexity index is 689. The highest BCUT2D eigenvalue weighted by atomic mass is 35.5. The van der Waals surface area contributed by atoms with Crippen LogP contribution in [0.25, 0.3) is 0 Å². The Hall–Kier alpha value is -1.56. The molecule has 1 heterocycles. The number of hydrogen-bond acceptors (Lipinski definition) is 5. The van der Waals surface area contributed by atoms with E-state index in [9.17, 15) is 0 Å². The lowest BCUT2D eigenvalue weighted by molar-refractivity contribution is 0.455. The smallest absolute Gasteiger partial charge is 0.227 e. The molecule has 5 nitrogen and oxygen atoms in total. The van der Waals surface area contributed by atoms with Gasteiger partial charge in [-0.25, -0.2) is 10.8 Å². The third kappa shape index (κ3) is 2.90. The highest BCUT2D eigenvalue weighted by molar-refractivity contribution is 6.42. The fourth-order valence-corrected chi connectivity index (χ4v) is 2.27. The van der Waals surface area contributed by atoms with Crippen LogP contribution in [0.3, 0.4) is 0 Å². The molecule has 3 N–H and O–H groups in total. The number of nitrogens with one attached hydrogen (secondary N) is 1. The number of nitrogens with two attached hydrogens (primary N) is 1. The summed E-state index contributed by atoms with van der Waals surface area (Å²) < 4.78 is 5.82. The first-order valence-electron chi connectivity index (χ1n) is 6.57. The summed E-state index contributed by atoms with van der Waals surface area (Å²) in [6, 6.07) is 5.21. The number of aromatic nitrogens is 2. The topological polar surface area (TPSA) is 73.1 Å². The fourth-order valence-electron chi connectivity index (χ4n) is 1.94. The number of benzene rings is 1. The third-order valence-electron chi connectivity index (χ3n) is 3.32. The molecule has 0 atom stereocenters. The molecule has 0 saturated heterocycles. The molecule has 0 spiro atoms. The molecule has 1 aliphatic carbocycles. The first-order chi connectivity index (χ1) is 10.1. The molecular weight excluding hydrogens is 311 g/mol. The largest absolute Gasteiger partial charge is 0.437 e. The molecule has 0 unspecified atom stereocenters. The molecule has 0 radical (unpaired) electrons. The standard InChI is InChI=1S/C14H14Cl2N4O/c1-7-12(20-17)18-13(8-5-6-8)19-14(7)21-10-4-2-3-9(15)11(10)16/h2-4,8H,5-6,17H2,1H3,(H,18,19,20). The summed E-state index contributed by atoms with van der Waals surface area (Å²) in [6.45, 7) is 1.83. The molecule has 1 aromatic carbocycles. The van der Waals surface area contributed by atoms with E-state index in [1.54, 1.807) is 18.2 Å². The molecule has 0 bridgehead atoms. The fraction of sp³-hybridized carbons (Fsp3) is 0.286. The number of ether oxygens (including phenoxy) is 1. The lowest BCUT2D eigenvalue weighted by atomic mass is 10.3. The SMILES string of the molecule is Cc1c(NN)nc(C2CC2)nc1Oc1cccc(Cl)c1Cl. The molecule has 21 heavy (non-hydrogen) atoms. The highest BCUT2D eigenvalue weighted by Crippen LogP contribution is 2.41. The number of nitrogens with zero attached hydrogens (tertiary/aromatic N) is 2. The highest BCUT2D eigenvalue weighted by Gasteiger charge is 2.28. The monoisotopic (exact) mass is 324 g/mol. The van der Waals surface area contributed by atoms with E-state index in [0.717, 1.165) is 24.2 Å². The minimum absolute atomic E-state index is 0.354. The zero-order chi connectivity index (χ0) is 15.0. The van der Waals surface area contributed by atoms with Gasteiger partial charge in [0.15, 0.2) is 5.82 Å². The van der Waals surface area contributed by atoms with Gasteiger partial charge in [-0.1, -0.05) is 29.3 Å². The van der Waals surface area contributed by atoms with E-state index in [1.807, 2.05) is 6.92 Å². The zero-order valence-electron chi connectivity index (χ0n) is 11.4. The Morgan fingerprint density at radius 1 is 1.29 bits per heavy atom. The molecule has 3 rings (SSSR count). The van der Waals surface area contributed by atoms with Crippen molar-refractivity contribution in [1.82, 2.24) is 9.97 Å². The van der Waals surface area contributed by atoms with Crippen LogP contribution < -0.4 is 16.0 Å². The predicted molar refractivity (Wildman–Crippen MR) is 83.1 cm³/mol. The van der Waals surface area contributed by atoms with Gasteiger partial charge in [-0.15, -0.1) is 0 Å². The van der Waals surface area contributed by atoms with Crippen molar-refractivity contribution < 1.29 is 4.74 Å². The molecule has 1 aromatic heterocycles. The Morgan fingerprint density at radius 3 is 2.71 bits per heavy atom. The molecule has 1 saturated carbocycles. The van der Waals surface area contributed by atoms with Crippen molar-refractivity contribution >= 4 is 29.0 Å². The van der Waals surface area contributed by atoms with E-state index in [0.29, 0.717) is 33.4 Å². The molecule has 1 fully saturated rings.